The average molecular weight is 331 g/mol. The number of aromatic nitrogens is 2. The first-order chi connectivity index (χ1) is 11.6. The number of ether oxygens (including phenoxy) is 1. The maximum absolute atomic E-state index is 12.8. The normalized spacial score (nSPS) is 15.5. The zero-order chi connectivity index (χ0) is 16.9. The first-order valence-electron chi connectivity index (χ1n) is 8.29. The molecule has 1 aromatic heterocycles. The smallest absolute Gasteiger partial charge is 0.272 e. The van der Waals surface area contributed by atoms with Crippen LogP contribution in [0.1, 0.15) is 29.8 Å². The number of hydrogen-bond acceptors (Lipinski definition) is 3. The number of nitrogens with zero attached hydrogens (tertiary/aromatic N) is 3. The van der Waals surface area contributed by atoms with Crippen molar-refractivity contribution in [3.8, 4) is 5.75 Å². The van der Waals surface area contributed by atoms with Gasteiger partial charge in [0.1, 0.15) is 17.3 Å². The summed E-state index contributed by atoms with van der Waals surface area (Å²) in [7, 11) is 1.78. The first-order valence-corrected chi connectivity index (χ1v) is 8.29. The number of carbonyl (C=O) groups excluding carboxylic acids is 1. The van der Waals surface area contributed by atoms with Crippen molar-refractivity contribution in [2.45, 2.75) is 19.3 Å². The van der Waals surface area contributed by atoms with Crippen molar-refractivity contribution in [1.29, 1.82) is 0 Å². The maximum Gasteiger partial charge on any atom is 0.272 e. The van der Waals surface area contributed by atoms with Crippen LogP contribution in [0.2, 0.25) is 0 Å². The predicted molar refractivity (Wildman–Crippen MR) is 88.3 cm³/mol. The van der Waals surface area contributed by atoms with Gasteiger partial charge in [-0.05, 0) is 55.5 Å². The number of benzene rings is 1. The van der Waals surface area contributed by atoms with Crippen LogP contribution < -0.4 is 4.74 Å². The summed E-state index contributed by atoms with van der Waals surface area (Å²) in [4.78, 5) is 14.3. The zero-order valence-corrected chi connectivity index (χ0v) is 13.8. The van der Waals surface area contributed by atoms with Crippen molar-refractivity contribution in [3.05, 3.63) is 48.0 Å². The molecule has 0 N–H and O–H groups in total. The van der Waals surface area contributed by atoms with Crippen molar-refractivity contribution in [2.24, 2.45) is 13.0 Å². The molecule has 0 radical (unpaired) electrons. The molecule has 0 bridgehead atoms. The highest BCUT2D eigenvalue weighted by atomic mass is 19.1. The Hall–Kier alpha value is -2.37. The Labute approximate surface area is 141 Å². The molecule has 128 valence electrons. The topological polar surface area (TPSA) is 47.4 Å². The van der Waals surface area contributed by atoms with Gasteiger partial charge in [-0.1, -0.05) is 0 Å². The van der Waals surface area contributed by atoms with E-state index in [0.717, 1.165) is 32.4 Å². The van der Waals surface area contributed by atoms with Crippen LogP contribution in [0.25, 0.3) is 0 Å². The van der Waals surface area contributed by atoms with Crippen molar-refractivity contribution in [1.82, 2.24) is 14.7 Å². The Morgan fingerprint density at radius 1 is 1.25 bits per heavy atom. The third-order valence-electron chi connectivity index (χ3n) is 4.55. The number of likely N-dealkylation sites (tertiary alicyclic amines) is 1. The summed E-state index contributed by atoms with van der Waals surface area (Å²) in [5.74, 6) is 1.05. The Morgan fingerprint density at radius 2 is 1.96 bits per heavy atom. The molecule has 0 atom stereocenters. The molecular weight excluding hydrogens is 309 g/mol. The van der Waals surface area contributed by atoms with Gasteiger partial charge in [0.05, 0.1) is 6.61 Å². The molecule has 1 fully saturated rings. The summed E-state index contributed by atoms with van der Waals surface area (Å²) in [6, 6.07) is 7.84. The summed E-state index contributed by atoms with van der Waals surface area (Å²) in [6.45, 7) is 2.16. The molecule has 1 saturated heterocycles. The van der Waals surface area contributed by atoms with E-state index in [2.05, 4.69) is 5.10 Å². The highest BCUT2D eigenvalue weighted by molar-refractivity contribution is 5.92. The van der Waals surface area contributed by atoms with Gasteiger partial charge < -0.3 is 9.64 Å². The number of hydrogen-bond donors (Lipinski definition) is 0. The monoisotopic (exact) mass is 331 g/mol. The first kappa shape index (κ1) is 16.5. The molecule has 1 aliphatic rings. The molecule has 3 rings (SSSR count). The molecule has 2 heterocycles. The van der Waals surface area contributed by atoms with Crippen LogP contribution in [0.4, 0.5) is 4.39 Å². The van der Waals surface area contributed by atoms with Gasteiger partial charge in [-0.3, -0.25) is 9.48 Å². The second-order valence-corrected chi connectivity index (χ2v) is 6.17. The fraction of sp³-hybridized carbons (Fsp3) is 0.444. The molecule has 2 aromatic rings. The van der Waals surface area contributed by atoms with Crippen LogP contribution in [0.3, 0.4) is 0 Å². The Kier molecular flexibility index (Phi) is 5.13. The quantitative estimate of drug-likeness (QED) is 0.846. The number of halogens is 1. The molecule has 6 heteroatoms. The summed E-state index contributed by atoms with van der Waals surface area (Å²) in [5, 5.41) is 4.05. The fourth-order valence-electron chi connectivity index (χ4n) is 3.04. The van der Waals surface area contributed by atoms with Gasteiger partial charge >= 0.3 is 0 Å². The molecule has 1 aliphatic heterocycles. The van der Waals surface area contributed by atoms with Crippen molar-refractivity contribution in [3.63, 3.8) is 0 Å². The Bertz CT molecular complexity index is 676. The van der Waals surface area contributed by atoms with Gasteiger partial charge in [-0.2, -0.15) is 5.10 Å². The maximum atomic E-state index is 12.8. The summed E-state index contributed by atoms with van der Waals surface area (Å²) in [6.07, 6.45) is 4.56. The third-order valence-corrected chi connectivity index (χ3v) is 4.55. The number of amides is 1. The fourth-order valence-corrected chi connectivity index (χ4v) is 3.04. The number of aryl methyl sites for hydroxylation is 1. The van der Waals surface area contributed by atoms with E-state index in [0.29, 0.717) is 24.0 Å². The van der Waals surface area contributed by atoms with E-state index < -0.39 is 0 Å². The average Bonchev–Trinajstić information content (AvgIpc) is 3.03. The Balaban J connectivity index is 1.41. The lowest BCUT2D eigenvalue weighted by Crippen LogP contribution is -2.39. The van der Waals surface area contributed by atoms with Crippen LogP contribution >= 0.6 is 0 Å². The minimum atomic E-state index is -0.257. The minimum Gasteiger partial charge on any atom is -0.494 e. The number of carbonyl (C=O) groups is 1. The summed E-state index contributed by atoms with van der Waals surface area (Å²) < 4.78 is 20.1. The van der Waals surface area contributed by atoms with Gasteiger partial charge in [0.2, 0.25) is 0 Å². The van der Waals surface area contributed by atoms with Crippen molar-refractivity contribution < 1.29 is 13.9 Å². The lowest BCUT2D eigenvalue weighted by Gasteiger charge is -2.32. The number of rotatable bonds is 5. The lowest BCUT2D eigenvalue weighted by molar-refractivity contribution is 0.0669. The van der Waals surface area contributed by atoms with Crippen molar-refractivity contribution in [2.75, 3.05) is 19.7 Å². The van der Waals surface area contributed by atoms with E-state index in [1.54, 1.807) is 36.1 Å². The van der Waals surface area contributed by atoms with Gasteiger partial charge in [0.25, 0.3) is 5.91 Å². The molecule has 0 unspecified atom stereocenters. The van der Waals surface area contributed by atoms with Gasteiger partial charge in [-0.25, -0.2) is 4.39 Å². The zero-order valence-electron chi connectivity index (χ0n) is 13.8. The van der Waals surface area contributed by atoms with Gasteiger partial charge in [-0.15, -0.1) is 0 Å². The van der Waals surface area contributed by atoms with E-state index in [1.807, 2.05) is 4.90 Å². The van der Waals surface area contributed by atoms with Gasteiger partial charge in [0.15, 0.2) is 0 Å². The summed E-state index contributed by atoms with van der Waals surface area (Å²) >= 11 is 0. The highest BCUT2D eigenvalue weighted by Gasteiger charge is 2.24. The molecule has 0 spiro atoms. The predicted octanol–water partition coefficient (Wildman–Crippen LogP) is 2.88. The number of piperidine rings is 1. The van der Waals surface area contributed by atoms with Crippen LogP contribution in [-0.2, 0) is 7.05 Å². The standard InChI is InChI=1S/C18H22FN3O2/c1-21-17(6-10-20-21)18(23)22-11-7-14(8-12-22)9-13-24-16-4-2-15(19)3-5-16/h2-6,10,14H,7-9,11-13H2,1H3. The van der Waals surface area contributed by atoms with Crippen LogP contribution in [-0.4, -0.2) is 40.3 Å². The van der Waals surface area contributed by atoms with Crippen LogP contribution in [0, 0.1) is 11.7 Å². The molecule has 24 heavy (non-hydrogen) atoms. The summed E-state index contributed by atoms with van der Waals surface area (Å²) in [5.41, 5.74) is 0.632. The SMILES string of the molecule is Cn1nccc1C(=O)N1CCC(CCOc2ccc(F)cc2)CC1. The second-order valence-electron chi connectivity index (χ2n) is 6.17. The second kappa shape index (κ2) is 7.47. The molecule has 1 aromatic carbocycles. The van der Waals surface area contributed by atoms with E-state index in [4.69, 9.17) is 4.74 Å². The molecular formula is C18H22FN3O2. The van der Waals surface area contributed by atoms with Gasteiger partial charge in [0, 0.05) is 26.3 Å². The molecule has 5 nitrogen and oxygen atoms in total. The molecule has 1 amide bonds. The molecule has 0 aliphatic carbocycles. The van der Waals surface area contributed by atoms with E-state index >= 15 is 0 Å². The van der Waals surface area contributed by atoms with E-state index in [1.165, 1.54) is 12.1 Å². The lowest BCUT2D eigenvalue weighted by atomic mass is 9.94. The Morgan fingerprint density at radius 3 is 2.58 bits per heavy atom. The van der Waals surface area contributed by atoms with Crippen molar-refractivity contribution >= 4 is 5.91 Å². The largest absolute Gasteiger partial charge is 0.494 e. The van der Waals surface area contributed by atoms with E-state index in [-0.39, 0.29) is 11.7 Å². The van der Waals surface area contributed by atoms with E-state index in [9.17, 15) is 9.18 Å². The molecule has 0 saturated carbocycles. The van der Waals surface area contributed by atoms with Crippen LogP contribution in [0.5, 0.6) is 5.75 Å². The highest BCUT2D eigenvalue weighted by Crippen LogP contribution is 2.22. The minimum absolute atomic E-state index is 0.0519. The third kappa shape index (κ3) is 3.93. The van der Waals surface area contributed by atoms with Crippen LogP contribution in [0.15, 0.2) is 36.5 Å².